The second kappa shape index (κ2) is 5.81. The molecule has 2 unspecified atom stereocenters. The lowest BCUT2D eigenvalue weighted by Gasteiger charge is -2.24. The van der Waals surface area contributed by atoms with Crippen LogP contribution in [0.3, 0.4) is 0 Å². The average Bonchev–Trinajstić information content (AvgIpc) is 2.95. The second-order valence-corrected chi connectivity index (χ2v) is 5.75. The van der Waals surface area contributed by atoms with E-state index in [4.69, 9.17) is 0 Å². The highest BCUT2D eigenvalue weighted by Crippen LogP contribution is 2.27. The molecule has 0 bridgehead atoms. The van der Waals surface area contributed by atoms with Gasteiger partial charge in [0.15, 0.2) is 0 Å². The van der Waals surface area contributed by atoms with Crippen LogP contribution in [0.25, 0.3) is 0 Å². The smallest absolute Gasteiger partial charge is 0.322 e. The van der Waals surface area contributed by atoms with E-state index in [1.165, 1.54) is 0 Å². The van der Waals surface area contributed by atoms with Crippen LogP contribution in [-0.4, -0.2) is 41.4 Å². The zero-order valence-corrected chi connectivity index (χ0v) is 12.2. The molecule has 2 aliphatic heterocycles. The Morgan fingerprint density at radius 2 is 2.15 bits per heavy atom. The van der Waals surface area contributed by atoms with Gasteiger partial charge in [-0.1, -0.05) is 26.7 Å². The molecule has 1 spiro atoms. The molecule has 2 heterocycles. The number of unbranched alkanes of at least 4 members (excludes halogenated alkanes) is 1. The maximum Gasteiger partial charge on any atom is 0.322 e. The van der Waals surface area contributed by atoms with E-state index in [-0.39, 0.29) is 17.7 Å². The van der Waals surface area contributed by atoms with Crippen molar-refractivity contribution in [1.82, 2.24) is 15.5 Å². The number of urea groups is 1. The van der Waals surface area contributed by atoms with Crippen LogP contribution in [-0.2, 0) is 9.59 Å². The quantitative estimate of drug-likeness (QED) is 0.738. The molecule has 0 aromatic rings. The first-order chi connectivity index (χ1) is 9.52. The summed E-state index contributed by atoms with van der Waals surface area (Å²) < 4.78 is 0. The maximum atomic E-state index is 12.5. The summed E-state index contributed by atoms with van der Waals surface area (Å²) in [7, 11) is 0. The molecule has 2 rings (SSSR count). The van der Waals surface area contributed by atoms with Crippen molar-refractivity contribution in [3.05, 3.63) is 0 Å². The van der Waals surface area contributed by atoms with Crippen molar-refractivity contribution >= 4 is 17.8 Å². The molecule has 6 heteroatoms. The van der Waals surface area contributed by atoms with E-state index < -0.39 is 11.6 Å². The van der Waals surface area contributed by atoms with E-state index in [0.29, 0.717) is 19.5 Å². The van der Waals surface area contributed by atoms with Crippen molar-refractivity contribution in [3.8, 4) is 0 Å². The van der Waals surface area contributed by atoms with Gasteiger partial charge in [0.25, 0.3) is 5.91 Å². The molecule has 0 radical (unpaired) electrons. The second-order valence-electron chi connectivity index (χ2n) is 5.75. The molecular weight excluding hydrogens is 258 g/mol. The molecule has 2 fully saturated rings. The van der Waals surface area contributed by atoms with Crippen LogP contribution in [0.2, 0.25) is 0 Å². The van der Waals surface area contributed by atoms with Crippen LogP contribution in [0.4, 0.5) is 4.79 Å². The van der Waals surface area contributed by atoms with Crippen molar-refractivity contribution in [2.45, 2.75) is 51.5 Å². The van der Waals surface area contributed by atoms with Gasteiger partial charge in [0.1, 0.15) is 5.54 Å². The molecule has 0 aromatic heterocycles. The van der Waals surface area contributed by atoms with Crippen molar-refractivity contribution in [1.29, 1.82) is 0 Å². The van der Waals surface area contributed by atoms with Gasteiger partial charge < -0.3 is 10.2 Å². The van der Waals surface area contributed by atoms with E-state index in [9.17, 15) is 14.4 Å². The Morgan fingerprint density at radius 3 is 2.70 bits per heavy atom. The number of imide groups is 1. The van der Waals surface area contributed by atoms with Gasteiger partial charge in [-0.05, 0) is 19.3 Å². The molecular formula is C14H23N3O3. The Kier molecular flexibility index (Phi) is 4.30. The minimum atomic E-state index is -0.893. The summed E-state index contributed by atoms with van der Waals surface area (Å²) in [5.74, 6) is -0.156. The Labute approximate surface area is 119 Å². The van der Waals surface area contributed by atoms with Crippen LogP contribution in [0, 0.1) is 5.92 Å². The number of amides is 4. The topological polar surface area (TPSA) is 78.5 Å². The molecule has 6 nitrogen and oxygen atoms in total. The summed E-state index contributed by atoms with van der Waals surface area (Å²) in [4.78, 5) is 37.4. The zero-order valence-electron chi connectivity index (χ0n) is 12.2. The van der Waals surface area contributed by atoms with E-state index in [2.05, 4.69) is 17.6 Å². The van der Waals surface area contributed by atoms with Gasteiger partial charge in [-0.15, -0.1) is 0 Å². The van der Waals surface area contributed by atoms with Crippen LogP contribution < -0.4 is 10.6 Å². The standard InChI is InChI=1S/C14H23N3O3/c1-3-5-6-10(4-2)11(18)17-8-7-14(9-17)12(19)15-13(20)16-14/h10H,3-9H2,1-2H3,(H2,15,16,19,20). The highest BCUT2D eigenvalue weighted by molar-refractivity contribution is 6.07. The van der Waals surface area contributed by atoms with Crippen LogP contribution in [0.5, 0.6) is 0 Å². The molecule has 2 N–H and O–H groups in total. The molecule has 0 aliphatic carbocycles. The van der Waals surface area contributed by atoms with E-state index in [0.717, 1.165) is 25.7 Å². The molecule has 20 heavy (non-hydrogen) atoms. The molecule has 2 aliphatic rings. The van der Waals surface area contributed by atoms with Gasteiger partial charge in [-0.3, -0.25) is 14.9 Å². The first-order valence-corrected chi connectivity index (χ1v) is 7.44. The minimum absolute atomic E-state index is 0.0327. The Bertz CT molecular complexity index is 424. The highest BCUT2D eigenvalue weighted by atomic mass is 16.2. The predicted molar refractivity (Wildman–Crippen MR) is 73.9 cm³/mol. The summed E-state index contributed by atoms with van der Waals surface area (Å²) in [5.41, 5.74) is -0.893. The summed E-state index contributed by atoms with van der Waals surface area (Å²) in [6, 6.07) is -0.456. The monoisotopic (exact) mass is 281 g/mol. The van der Waals surface area contributed by atoms with E-state index in [1.807, 2.05) is 6.92 Å². The van der Waals surface area contributed by atoms with Gasteiger partial charge >= 0.3 is 6.03 Å². The highest BCUT2D eigenvalue weighted by Gasteiger charge is 2.51. The van der Waals surface area contributed by atoms with Crippen molar-refractivity contribution in [2.75, 3.05) is 13.1 Å². The number of rotatable bonds is 5. The Balaban J connectivity index is 1.99. The first-order valence-electron chi connectivity index (χ1n) is 7.44. The van der Waals surface area contributed by atoms with Gasteiger partial charge in [0, 0.05) is 12.5 Å². The number of hydrogen-bond acceptors (Lipinski definition) is 3. The number of nitrogens with one attached hydrogen (secondary N) is 2. The normalized spacial score (nSPS) is 26.8. The molecule has 2 saturated heterocycles. The fourth-order valence-electron chi connectivity index (χ4n) is 3.02. The third-order valence-electron chi connectivity index (χ3n) is 4.34. The number of nitrogens with zero attached hydrogens (tertiary/aromatic N) is 1. The number of likely N-dealkylation sites (tertiary alicyclic amines) is 1. The maximum absolute atomic E-state index is 12.5. The molecule has 4 amide bonds. The zero-order chi connectivity index (χ0) is 14.8. The largest absolute Gasteiger partial charge is 0.339 e. The number of hydrogen-bond donors (Lipinski definition) is 2. The fourth-order valence-corrected chi connectivity index (χ4v) is 3.02. The third-order valence-corrected chi connectivity index (χ3v) is 4.34. The SMILES string of the molecule is CCCCC(CC)C(=O)N1CCC2(C1)NC(=O)NC2=O. The van der Waals surface area contributed by atoms with Crippen LogP contribution in [0.1, 0.15) is 46.0 Å². The van der Waals surface area contributed by atoms with Crippen LogP contribution >= 0.6 is 0 Å². The molecule has 112 valence electrons. The molecule has 0 aromatic carbocycles. The lowest BCUT2D eigenvalue weighted by Crippen LogP contribution is -2.50. The number of carbonyl (C=O) groups excluding carboxylic acids is 3. The van der Waals surface area contributed by atoms with Crippen molar-refractivity contribution in [3.63, 3.8) is 0 Å². The summed E-state index contributed by atoms with van der Waals surface area (Å²) in [5, 5.41) is 4.93. The lowest BCUT2D eigenvalue weighted by atomic mass is 9.97. The summed E-state index contributed by atoms with van der Waals surface area (Å²) in [6.45, 7) is 4.97. The minimum Gasteiger partial charge on any atom is -0.339 e. The third kappa shape index (κ3) is 2.64. The first kappa shape index (κ1) is 14.8. The van der Waals surface area contributed by atoms with Crippen molar-refractivity contribution < 1.29 is 14.4 Å². The Hall–Kier alpha value is -1.59. The summed E-state index contributed by atoms with van der Waals surface area (Å²) >= 11 is 0. The van der Waals surface area contributed by atoms with Gasteiger partial charge in [0.05, 0.1) is 6.54 Å². The Morgan fingerprint density at radius 1 is 1.40 bits per heavy atom. The van der Waals surface area contributed by atoms with Gasteiger partial charge in [-0.2, -0.15) is 0 Å². The van der Waals surface area contributed by atoms with E-state index in [1.54, 1.807) is 4.90 Å². The lowest BCUT2D eigenvalue weighted by molar-refractivity contribution is -0.135. The van der Waals surface area contributed by atoms with Gasteiger partial charge in [0.2, 0.25) is 5.91 Å². The predicted octanol–water partition coefficient (Wildman–Crippen LogP) is 1.01. The average molecular weight is 281 g/mol. The van der Waals surface area contributed by atoms with Crippen molar-refractivity contribution in [2.24, 2.45) is 5.92 Å². The molecule has 2 atom stereocenters. The number of carbonyl (C=O) groups is 3. The van der Waals surface area contributed by atoms with Crippen LogP contribution in [0.15, 0.2) is 0 Å². The van der Waals surface area contributed by atoms with Gasteiger partial charge in [-0.25, -0.2) is 4.79 Å². The summed E-state index contributed by atoms with van der Waals surface area (Å²) in [6.07, 6.45) is 4.34. The fraction of sp³-hybridized carbons (Fsp3) is 0.786. The molecule has 0 saturated carbocycles. The van der Waals surface area contributed by atoms with E-state index >= 15 is 0 Å².